The average Bonchev–Trinajstić information content (AvgIpc) is 2.66. The van der Waals surface area contributed by atoms with Crippen molar-refractivity contribution in [2.75, 3.05) is 0 Å². The number of rotatable bonds is 2. The highest BCUT2D eigenvalue weighted by Crippen LogP contribution is 2.60. The summed E-state index contributed by atoms with van der Waals surface area (Å²) < 4.78 is 11.5. The van der Waals surface area contributed by atoms with Crippen molar-refractivity contribution < 1.29 is 39.2 Å². The third-order valence-corrected chi connectivity index (χ3v) is 8.10. The first-order valence-electron chi connectivity index (χ1n) is 11.0. The van der Waals surface area contributed by atoms with Crippen LogP contribution in [0.1, 0.15) is 60.8 Å². The highest BCUT2D eigenvalue weighted by Gasteiger charge is 2.67. The largest absolute Gasteiger partial charge is 0.458 e. The smallest absolute Gasteiger partial charge is 0.303 e. The van der Waals surface area contributed by atoms with Crippen LogP contribution in [-0.2, 0) is 23.9 Å². The van der Waals surface area contributed by atoms with Gasteiger partial charge in [0.05, 0.1) is 12.2 Å². The zero-order valence-electron chi connectivity index (χ0n) is 19.6. The molecule has 0 amide bonds. The van der Waals surface area contributed by atoms with Crippen LogP contribution >= 0.6 is 0 Å². The monoisotopic (exact) mass is 450 g/mol. The van der Waals surface area contributed by atoms with E-state index in [2.05, 4.69) is 6.58 Å². The first kappa shape index (κ1) is 24.6. The number of hydrogen-bond acceptors (Lipinski definition) is 8. The van der Waals surface area contributed by atoms with Gasteiger partial charge in [-0.25, -0.2) is 0 Å². The number of carbonyl (C=O) groups excluding carboxylic acids is 3. The quantitative estimate of drug-likeness (QED) is 0.427. The Morgan fingerprint density at radius 1 is 1.09 bits per heavy atom. The van der Waals surface area contributed by atoms with Crippen LogP contribution in [0.2, 0.25) is 0 Å². The summed E-state index contributed by atoms with van der Waals surface area (Å²) >= 11 is 0. The molecule has 2 saturated carbocycles. The molecule has 0 aromatic rings. The number of fused-ring (bicyclic) bond motifs is 3. The van der Waals surface area contributed by atoms with E-state index in [0.717, 1.165) is 0 Å². The molecule has 8 nitrogen and oxygen atoms in total. The Balaban J connectivity index is 2.42. The van der Waals surface area contributed by atoms with Gasteiger partial charge in [-0.3, -0.25) is 14.4 Å². The molecule has 3 N–H and O–H groups in total. The molecular weight excluding hydrogens is 416 g/mol. The first-order valence-corrected chi connectivity index (χ1v) is 11.0. The van der Waals surface area contributed by atoms with Crippen LogP contribution in [0.3, 0.4) is 0 Å². The molecule has 178 valence electrons. The predicted octanol–water partition coefficient (Wildman–Crippen LogP) is 1.60. The molecule has 0 saturated heterocycles. The molecular formula is C24H34O8. The second kappa shape index (κ2) is 7.78. The number of Topliss-reactive ketones (excluding diaryl/α,β-unsaturated/α-hetero) is 1. The van der Waals surface area contributed by atoms with Crippen molar-refractivity contribution in [2.24, 2.45) is 16.7 Å². The zero-order chi connectivity index (χ0) is 24.4. The normalized spacial score (nSPS) is 41.3. The summed E-state index contributed by atoms with van der Waals surface area (Å²) in [5, 5.41) is 34.1. The van der Waals surface area contributed by atoms with Gasteiger partial charge in [0.1, 0.15) is 11.7 Å². The fourth-order valence-corrected chi connectivity index (χ4v) is 6.24. The van der Waals surface area contributed by atoms with E-state index in [1.165, 1.54) is 13.8 Å². The molecule has 0 aliphatic heterocycles. The number of allylic oxidation sites excluding steroid dienone is 1. The van der Waals surface area contributed by atoms with Crippen LogP contribution in [0.15, 0.2) is 23.3 Å². The van der Waals surface area contributed by atoms with Crippen LogP contribution in [-0.4, -0.2) is 63.1 Å². The number of ether oxygens (including phenoxy) is 2. The lowest BCUT2D eigenvalue weighted by atomic mass is 9.48. The summed E-state index contributed by atoms with van der Waals surface area (Å²) in [6.07, 6.45) is -4.40. The number of hydrogen-bond donors (Lipinski definition) is 3. The van der Waals surface area contributed by atoms with Gasteiger partial charge in [0, 0.05) is 37.0 Å². The van der Waals surface area contributed by atoms with Gasteiger partial charge in [-0.05, 0) is 36.5 Å². The highest BCUT2D eigenvalue weighted by molar-refractivity contribution is 5.98. The van der Waals surface area contributed by atoms with Gasteiger partial charge < -0.3 is 24.8 Å². The molecule has 7 atom stereocenters. The SMILES string of the molecule is C=C1[C@@H](O)CC[C@@]2(C)[C@@H](OC(C)=O)[C@H](OC(C)=O)C3=C(C)C(=O)C[C@@](O)([C@@H](O)[C@H]12)C3(C)C. The maximum atomic E-state index is 13.0. The zero-order valence-corrected chi connectivity index (χ0v) is 19.6. The van der Waals surface area contributed by atoms with Crippen LogP contribution in [0.5, 0.6) is 0 Å². The van der Waals surface area contributed by atoms with Crippen molar-refractivity contribution in [3.05, 3.63) is 23.3 Å². The van der Waals surface area contributed by atoms with Crippen LogP contribution in [0.4, 0.5) is 0 Å². The van der Waals surface area contributed by atoms with Crippen molar-refractivity contribution in [3.8, 4) is 0 Å². The van der Waals surface area contributed by atoms with Gasteiger partial charge in [-0.2, -0.15) is 0 Å². The number of esters is 2. The van der Waals surface area contributed by atoms with Crippen LogP contribution in [0.25, 0.3) is 0 Å². The van der Waals surface area contributed by atoms with Crippen LogP contribution < -0.4 is 0 Å². The third kappa shape index (κ3) is 3.35. The highest BCUT2D eigenvalue weighted by atomic mass is 16.6. The van der Waals surface area contributed by atoms with Gasteiger partial charge >= 0.3 is 11.9 Å². The Bertz CT molecular complexity index is 902. The fraction of sp³-hybridized carbons (Fsp3) is 0.708. The number of aliphatic hydroxyl groups excluding tert-OH is 2. The molecule has 0 heterocycles. The second-order valence-electron chi connectivity index (χ2n) is 10.3. The summed E-state index contributed by atoms with van der Waals surface area (Å²) in [5.41, 5.74) is -3.27. The molecule has 0 aromatic heterocycles. The van der Waals surface area contributed by atoms with Crippen molar-refractivity contribution in [2.45, 2.75) is 90.8 Å². The van der Waals surface area contributed by atoms with Crippen LogP contribution in [0, 0.1) is 16.7 Å². The van der Waals surface area contributed by atoms with E-state index < -0.39 is 64.5 Å². The Kier molecular flexibility index (Phi) is 5.98. The third-order valence-electron chi connectivity index (χ3n) is 8.10. The summed E-state index contributed by atoms with van der Waals surface area (Å²) in [5.74, 6) is -2.58. The van der Waals surface area contributed by atoms with Crippen molar-refractivity contribution in [1.29, 1.82) is 0 Å². The predicted molar refractivity (Wildman–Crippen MR) is 114 cm³/mol. The Labute approximate surface area is 188 Å². The van der Waals surface area contributed by atoms with Gasteiger partial charge in [-0.1, -0.05) is 27.4 Å². The molecule has 2 fully saturated rings. The molecule has 0 aromatic carbocycles. The van der Waals surface area contributed by atoms with E-state index in [9.17, 15) is 29.7 Å². The Hall–Kier alpha value is -2.03. The van der Waals surface area contributed by atoms with E-state index in [-0.39, 0.29) is 12.0 Å². The van der Waals surface area contributed by atoms with E-state index in [1.807, 2.05) is 0 Å². The van der Waals surface area contributed by atoms with E-state index in [1.54, 1.807) is 27.7 Å². The lowest BCUT2D eigenvalue weighted by Crippen LogP contribution is -2.70. The van der Waals surface area contributed by atoms with E-state index >= 15 is 0 Å². The van der Waals surface area contributed by atoms with E-state index in [0.29, 0.717) is 24.0 Å². The van der Waals surface area contributed by atoms with E-state index in [4.69, 9.17) is 9.47 Å². The first-order chi connectivity index (χ1) is 14.6. The average molecular weight is 451 g/mol. The minimum absolute atomic E-state index is 0.288. The number of carbonyl (C=O) groups is 3. The summed E-state index contributed by atoms with van der Waals surface area (Å²) in [6.45, 7) is 13.2. The molecule has 32 heavy (non-hydrogen) atoms. The lowest BCUT2D eigenvalue weighted by Gasteiger charge is -2.61. The molecule has 3 rings (SSSR count). The summed E-state index contributed by atoms with van der Waals surface area (Å²) in [6, 6.07) is 0. The molecule has 0 spiro atoms. The molecule has 0 radical (unpaired) electrons. The summed E-state index contributed by atoms with van der Waals surface area (Å²) in [4.78, 5) is 37.4. The van der Waals surface area contributed by atoms with Crippen molar-refractivity contribution >= 4 is 17.7 Å². The molecule has 2 bridgehead atoms. The van der Waals surface area contributed by atoms with Gasteiger partial charge in [0.25, 0.3) is 0 Å². The van der Waals surface area contributed by atoms with Crippen molar-refractivity contribution in [3.63, 3.8) is 0 Å². The molecule has 0 unspecified atom stereocenters. The maximum absolute atomic E-state index is 13.0. The van der Waals surface area contributed by atoms with Gasteiger partial charge in [0.15, 0.2) is 11.9 Å². The second-order valence-corrected chi connectivity index (χ2v) is 10.3. The standard InChI is InChI=1S/C24H34O8/c1-11-15(27)8-9-23(7)18(11)20(29)24(30)10-16(28)12(2)17(22(24,5)6)19(31-13(3)25)21(23)32-14(4)26/h15,18-21,27,29-30H,1,8-10H2,2-7H3/t15-,18-,19+,20-,21-,23+,24+/m0/s1. The lowest BCUT2D eigenvalue weighted by molar-refractivity contribution is -0.226. The van der Waals surface area contributed by atoms with Gasteiger partial charge in [-0.15, -0.1) is 0 Å². The molecule has 3 aliphatic rings. The van der Waals surface area contributed by atoms with Crippen molar-refractivity contribution in [1.82, 2.24) is 0 Å². The molecule has 8 heteroatoms. The summed E-state index contributed by atoms with van der Waals surface area (Å²) in [7, 11) is 0. The van der Waals surface area contributed by atoms with Gasteiger partial charge in [0.2, 0.25) is 0 Å². The molecule has 3 aliphatic carbocycles. The number of aliphatic hydroxyl groups is 3. The minimum atomic E-state index is -1.93. The number of ketones is 1. The fourth-order valence-electron chi connectivity index (χ4n) is 6.24. The Morgan fingerprint density at radius 2 is 1.66 bits per heavy atom. The maximum Gasteiger partial charge on any atom is 0.303 e. The Morgan fingerprint density at radius 3 is 2.19 bits per heavy atom. The topological polar surface area (TPSA) is 130 Å². The minimum Gasteiger partial charge on any atom is -0.458 e.